The van der Waals surface area contributed by atoms with Crippen molar-refractivity contribution < 1.29 is 14.6 Å². The van der Waals surface area contributed by atoms with Gasteiger partial charge < -0.3 is 15.2 Å². The lowest BCUT2D eigenvalue weighted by Gasteiger charge is -2.14. The Hall–Kier alpha value is -1.20. The molecule has 1 saturated carbocycles. The Morgan fingerprint density at radius 3 is 2.89 bits per heavy atom. The number of benzene rings is 1. The third kappa shape index (κ3) is 3.65. The summed E-state index contributed by atoms with van der Waals surface area (Å²) in [6.07, 6.45) is 2.17. The Labute approximate surface area is 111 Å². The second-order valence-electron chi connectivity index (χ2n) is 4.29. The lowest BCUT2D eigenvalue weighted by Crippen LogP contribution is -2.40. The Morgan fingerprint density at radius 2 is 2.28 bits per heavy atom. The summed E-state index contributed by atoms with van der Waals surface area (Å²) in [7, 11) is 1.62. The average molecular weight is 267 g/mol. The molecule has 5 heteroatoms. The van der Waals surface area contributed by atoms with Gasteiger partial charge in [0.25, 0.3) is 0 Å². The number of para-hydroxylation sites is 1. The van der Waals surface area contributed by atoms with E-state index in [1.54, 1.807) is 7.11 Å². The molecule has 0 bridgehead atoms. The number of hydrogen-bond donors (Lipinski definition) is 2. The largest absolute Gasteiger partial charge is 0.496 e. The van der Waals surface area contributed by atoms with Crippen molar-refractivity contribution >= 4 is 17.7 Å². The molecule has 0 aromatic heterocycles. The van der Waals surface area contributed by atoms with Crippen LogP contribution >= 0.6 is 11.8 Å². The maximum absolute atomic E-state index is 11.1. The molecule has 0 amide bonds. The predicted octanol–water partition coefficient (Wildman–Crippen LogP) is 1.99. The van der Waals surface area contributed by atoms with Crippen LogP contribution in [0.3, 0.4) is 0 Å². The van der Waals surface area contributed by atoms with E-state index in [0.717, 1.165) is 23.5 Å². The molecule has 18 heavy (non-hydrogen) atoms. The first-order valence-corrected chi connectivity index (χ1v) is 6.94. The first-order valence-electron chi connectivity index (χ1n) is 5.95. The van der Waals surface area contributed by atoms with E-state index in [9.17, 15) is 4.79 Å². The molecular weight excluding hydrogens is 250 g/mol. The summed E-state index contributed by atoms with van der Waals surface area (Å²) in [6.45, 7) is 0. The number of thioether (sulfide) groups is 1. The summed E-state index contributed by atoms with van der Waals surface area (Å²) in [5.41, 5.74) is 0. The standard InChI is InChI=1S/C13H17NO3S/c1-17-11-4-2-3-5-12(11)18-8-10(13(15)16)14-9-6-7-9/h2-5,9-10,14H,6-8H2,1H3,(H,15,16). The highest BCUT2D eigenvalue weighted by Crippen LogP contribution is 2.29. The molecular formula is C13H17NO3S. The van der Waals surface area contributed by atoms with Gasteiger partial charge in [0.05, 0.1) is 7.11 Å². The van der Waals surface area contributed by atoms with E-state index < -0.39 is 12.0 Å². The van der Waals surface area contributed by atoms with Gasteiger partial charge in [0.15, 0.2) is 0 Å². The van der Waals surface area contributed by atoms with Crippen LogP contribution in [-0.2, 0) is 4.79 Å². The summed E-state index contributed by atoms with van der Waals surface area (Å²) in [4.78, 5) is 12.1. The number of nitrogens with one attached hydrogen (secondary N) is 1. The van der Waals surface area contributed by atoms with Gasteiger partial charge in [-0.15, -0.1) is 11.8 Å². The van der Waals surface area contributed by atoms with Crippen LogP contribution in [0.4, 0.5) is 0 Å². The van der Waals surface area contributed by atoms with E-state index in [0.29, 0.717) is 11.8 Å². The third-order valence-corrected chi connectivity index (χ3v) is 3.94. The summed E-state index contributed by atoms with van der Waals surface area (Å²) in [6, 6.07) is 7.55. The van der Waals surface area contributed by atoms with Gasteiger partial charge in [0.1, 0.15) is 11.8 Å². The van der Waals surface area contributed by atoms with Crippen molar-refractivity contribution in [1.29, 1.82) is 0 Å². The van der Waals surface area contributed by atoms with Crippen molar-refractivity contribution in [3.63, 3.8) is 0 Å². The maximum atomic E-state index is 11.1. The summed E-state index contributed by atoms with van der Waals surface area (Å²) < 4.78 is 5.24. The Balaban J connectivity index is 1.93. The molecule has 1 aliphatic rings. The van der Waals surface area contributed by atoms with Crippen molar-refractivity contribution in [2.75, 3.05) is 12.9 Å². The Kier molecular flexibility index (Phi) is 4.49. The molecule has 98 valence electrons. The monoisotopic (exact) mass is 267 g/mol. The molecule has 1 fully saturated rings. The molecule has 2 rings (SSSR count). The highest BCUT2D eigenvalue weighted by molar-refractivity contribution is 7.99. The zero-order chi connectivity index (χ0) is 13.0. The first-order chi connectivity index (χ1) is 8.70. The fourth-order valence-electron chi connectivity index (χ4n) is 1.64. The van der Waals surface area contributed by atoms with Crippen LogP contribution in [0.5, 0.6) is 5.75 Å². The lowest BCUT2D eigenvalue weighted by atomic mass is 10.3. The molecule has 2 N–H and O–H groups in total. The molecule has 1 aliphatic carbocycles. The van der Waals surface area contributed by atoms with Gasteiger partial charge in [-0.1, -0.05) is 12.1 Å². The topological polar surface area (TPSA) is 58.6 Å². The number of ether oxygens (including phenoxy) is 1. The van der Waals surface area contributed by atoms with Crippen molar-refractivity contribution in [2.24, 2.45) is 0 Å². The molecule has 0 aliphatic heterocycles. The van der Waals surface area contributed by atoms with Gasteiger partial charge in [-0.25, -0.2) is 0 Å². The molecule has 0 heterocycles. The SMILES string of the molecule is COc1ccccc1SCC(NC1CC1)C(=O)O. The molecule has 1 atom stereocenters. The van der Waals surface area contributed by atoms with E-state index in [1.165, 1.54) is 11.8 Å². The molecule has 1 aromatic rings. The highest BCUT2D eigenvalue weighted by Gasteiger charge is 2.28. The summed E-state index contributed by atoms with van der Waals surface area (Å²) >= 11 is 1.51. The number of hydrogen-bond acceptors (Lipinski definition) is 4. The van der Waals surface area contributed by atoms with Gasteiger partial charge in [0, 0.05) is 16.7 Å². The number of carbonyl (C=O) groups is 1. The minimum absolute atomic E-state index is 0.393. The fraction of sp³-hybridized carbons (Fsp3) is 0.462. The summed E-state index contributed by atoms with van der Waals surface area (Å²) in [5, 5.41) is 12.3. The van der Waals surface area contributed by atoms with Crippen molar-refractivity contribution in [3.05, 3.63) is 24.3 Å². The van der Waals surface area contributed by atoms with Crippen molar-refractivity contribution in [1.82, 2.24) is 5.32 Å². The first kappa shape index (κ1) is 13.2. The molecule has 4 nitrogen and oxygen atoms in total. The van der Waals surface area contributed by atoms with E-state index in [4.69, 9.17) is 9.84 Å². The van der Waals surface area contributed by atoms with Crippen LogP contribution in [0, 0.1) is 0 Å². The Morgan fingerprint density at radius 1 is 1.56 bits per heavy atom. The molecule has 0 spiro atoms. The van der Waals surface area contributed by atoms with E-state index >= 15 is 0 Å². The van der Waals surface area contributed by atoms with Crippen LogP contribution < -0.4 is 10.1 Å². The van der Waals surface area contributed by atoms with Gasteiger partial charge in [-0.05, 0) is 25.0 Å². The van der Waals surface area contributed by atoms with Gasteiger partial charge in [0.2, 0.25) is 0 Å². The predicted molar refractivity (Wildman–Crippen MR) is 71.3 cm³/mol. The summed E-state index contributed by atoms with van der Waals surface area (Å²) in [5.74, 6) is 0.508. The van der Waals surface area contributed by atoms with Crippen LogP contribution in [0.15, 0.2) is 29.2 Å². The number of carboxylic acids is 1. The highest BCUT2D eigenvalue weighted by atomic mass is 32.2. The van der Waals surface area contributed by atoms with Crippen LogP contribution in [0.1, 0.15) is 12.8 Å². The van der Waals surface area contributed by atoms with Gasteiger partial charge in [-0.2, -0.15) is 0 Å². The molecule has 0 saturated heterocycles. The van der Waals surface area contributed by atoms with Crippen molar-refractivity contribution in [3.8, 4) is 5.75 Å². The van der Waals surface area contributed by atoms with E-state index in [-0.39, 0.29) is 0 Å². The Bertz CT molecular complexity index is 420. The number of aliphatic carboxylic acids is 1. The van der Waals surface area contributed by atoms with Crippen molar-refractivity contribution in [2.45, 2.75) is 29.8 Å². The normalized spacial score (nSPS) is 16.3. The molecule has 0 radical (unpaired) electrons. The number of carboxylic acid groups (broad SMARTS) is 1. The average Bonchev–Trinajstić information content (AvgIpc) is 3.18. The number of methoxy groups -OCH3 is 1. The zero-order valence-corrected chi connectivity index (χ0v) is 11.1. The zero-order valence-electron chi connectivity index (χ0n) is 10.3. The van der Waals surface area contributed by atoms with Gasteiger partial charge >= 0.3 is 5.97 Å². The molecule has 1 aromatic carbocycles. The maximum Gasteiger partial charge on any atom is 0.321 e. The van der Waals surface area contributed by atoms with Crippen LogP contribution in [0.25, 0.3) is 0 Å². The van der Waals surface area contributed by atoms with Crippen LogP contribution in [0.2, 0.25) is 0 Å². The minimum atomic E-state index is -0.788. The smallest absolute Gasteiger partial charge is 0.321 e. The van der Waals surface area contributed by atoms with E-state index in [2.05, 4.69) is 5.32 Å². The third-order valence-electron chi connectivity index (χ3n) is 2.79. The van der Waals surface area contributed by atoms with Gasteiger partial charge in [-0.3, -0.25) is 4.79 Å². The van der Waals surface area contributed by atoms with E-state index in [1.807, 2.05) is 24.3 Å². The second kappa shape index (κ2) is 6.11. The quantitative estimate of drug-likeness (QED) is 0.740. The number of rotatable bonds is 7. The lowest BCUT2D eigenvalue weighted by molar-refractivity contribution is -0.138. The van der Waals surface area contributed by atoms with Crippen LogP contribution in [-0.4, -0.2) is 36.0 Å². The molecule has 1 unspecified atom stereocenters. The minimum Gasteiger partial charge on any atom is -0.496 e. The fourth-order valence-corrected chi connectivity index (χ4v) is 2.69. The second-order valence-corrected chi connectivity index (χ2v) is 5.36.